The fourth-order valence-corrected chi connectivity index (χ4v) is 0.659. The van der Waals surface area contributed by atoms with Gasteiger partial charge in [-0.3, -0.25) is 4.79 Å². The molecule has 1 amide bonds. The van der Waals surface area contributed by atoms with E-state index in [2.05, 4.69) is 5.32 Å². The Morgan fingerprint density at radius 1 is 1.43 bits per heavy atom. The predicted molar refractivity (Wildman–Crippen MR) is 53.6 cm³/mol. The summed E-state index contributed by atoms with van der Waals surface area (Å²) in [6.45, 7) is 4.75. The Kier molecular flexibility index (Phi) is 4.51. The topological polar surface area (TPSA) is 95.6 Å². The second kappa shape index (κ2) is 4.72. The summed E-state index contributed by atoms with van der Waals surface area (Å²) in [5.74, 6) is -0.228. The highest BCUT2D eigenvalue weighted by atomic mass is 16.3. The van der Waals surface area contributed by atoms with E-state index in [9.17, 15) is 9.90 Å². The van der Waals surface area contributed by atoms with Gasteiger partial charge >= 0.3 is 0 Å². The lowest BCUT2D eigenvalue weighted by Crippen LogP contribution is -2.48. The van der Waals surface area contributed by atoms with Crippen LogP contribution in [0.1, 0.15) is 20.8 Å². The van der Waals surface area contributed by atoms with Crippen LogP contribution in [0.3, 0.4) is 0 Å². The summed E-state index contributed by atoms with van der Waals surface area (Å²) in [4.78, 5) is 11.5. The second-order valence-electron chi connectivity index (χ2n) is 4.43. The van der Waals surface area contributed by atoms with Crippen molar-refractivity contribution in [1.29, 1.82) is 0 Å². The van der Waals surface area contributed by atoms with E-state index in [-0.39, 0.29) is 19.0 Å². The Bertz CT molecular complexity index is 202. The third-order valence-electron chi connectivity index (χ3n) is 2.10. The normalized spacial score (nSPS) is 16.1. The molecule has 1 unspecified atom stereocenters. The van der Waals surface area contributed by atoms with Gasteiger partial charge in [0.2, 0.25) is 5.91 Å². The second-order valence-corrected chi connectivity index (χ2v) is 4.43. The van der Waals surface area contributed by atoms with E-state index in [0.717, 1.165) is 0 Å². The van der Waals surface area contributed by atoms with Gasteiger partial charge in [-0.05, 0) is 20.8 Å². The zero-order chi connectivity index (χ0) is 11.4. The first kappa shape index (κ1) is 13.4. The summed E-state index contributed by atoms with van der Waals surface area (Å²) >= 11 is 0. The summed E-state index contributed by atoms with van der Waals surface area (Å²) < 4.78 is 0. The number of amides is 1. The number of nitrogens with two attached hydrogens (primary N) is 1. The Labute approximate surface area is 84.3 Å². The third-order valence-corrected chi connectivity index (χ3v) is 2.10. The van der Waals surface area contributed by atoms with Gasteiger partial charge in [0.05, 0.1) is 12.0 Å². The molecule has 0 rings (SSSR count). The molecule has 0 spiro atoms. The van der Waals surface area contributed by atoms with E-state index in [1.54, 1.807) is 13.8 Å². The minimum atomic E-state index is -1.28. The number of nitrogens with one attached hydrogen (secondary N) is 1. The Morgan fingerprint density at radius 3 is 2.29 bits per heavy atom. The number of carbonyl (C=O) groups is 1. The maximum atomic E-state index is 11.5. The van der Waals surface area contributed by atoms with Crippen LogP contribution in [0.2, 0.25) is 0 Å². The van der Waals surface area contributed by atoms with E-state index >= 15 is 0 Å². The fraction of sp³-hybridized carbons (Fsp3) is 0.889. The lowest BCUT2D eigenvalue weighted by molar-refractivity contribution is -0.130. The van der Waals surface area contributed by atoms with Crippen LogP contribution >= 0.6 is 0 Å². The number of rotatable bonds is 5. The van der Waals surface area contributed by atoms with Gasteiger partial charge in [-0.25, -0.2) is 0 Å². The third kappa shape index (κ3) is 4.04. The maximum absolute atomic E-state index is 11.5. The molecule has 0 saturated heterocycles. The van der Waals surface area contributed by atoms with Gasteiger partial charge in [-0.1, -0.05) is 0 Å². The van der Waals surface area contributed by atoms with E-state index < -0.39 is 17.6 Å². The molecule has 0 radical (unpaired) electrons. The van der Waals surface area contributed by atoms with E-state index in [0.29, 0.717) is 0 Å². The van der Waals surface area contributed by atoms with Gasteiger partial charge in [-0.2, -0.15) is 0 Å². The van der Waals surface area contributed by atoms with Crippen LogP contribution in [0.15, 0.2) is 0 Å². The largest absolute Gasteiger partial charge is 0.393 e. The molecule has 0 aromatic heterocycles. The minimum Gasteiger partial charge on any atom is -0.393 e. The molecule has 14 heavy (non-hydrogen) atoms. The van der Waals surface area contributed by atoms with Crippen molar-refractivity contribution in [2.45, 2.75) is 26.4 Å². The average molecular weight is 204 g/mol. The molecule has 5 heteroatoms. The average Bonchev–Trinajstić information content (AvgIpc) is 2.14. The van der Waals surface area contributed by atoms with Crippen LogP contribution in [-0.2, 0) is 4.79 Å². The lowest BCUT2D eigenvalue weighted by Gasteiger charge is -2.25. The molecule has 0 aromatic rings. The molecule has 0 aliphatic rings. The van der Waals surface area contributed by atoms with Crippen LogP contribution in [-0.4, -0.2) is 41.4 Å². The molecule has 1 atom stereocenters. The van der Waals surface area contributed by atoms with E-state index in [4.69, 9.17) is 10.8 Å². The van der Waals surface area contributed by atoms with Gasteiger partial charge in [0.1, 0.15) is 5.60 Å². The summed E-state index contributed by atoms with van der Waals surface area (Å²) in [6, 6.07) is 0. The molecule has 0 saturated carbocycles. The quantitative estimate of drug-likeness (QED) is 0.454. The summed E-state index contributed by atoms with van der Waals surface area (Å²) in [6.07, 6.45) is 0. The highest BCUT2D eigenvalue weighted by Crippen LogP contribution is 2.12. The van der Waals surface area contributed by atoms with Crippen molar-refractivity contribution in [1.82, 2.24) is 5.32 Å². The molecule has 5 N–H and O–H groups in total. The van der Waals surface area contributed by atoms with Gasteiger partial charge in [-0.15, -0.1) is 0 Å². The summed E-state index contributed by atoms with van der Waals surface area (Å²) in [5, 5.41) is 20.7. The monoisotopic (exact) mass is 204 g/mol. The summed E-state index contributed by atoms with van der Waals surface area (Å²) in [7, 11) is 0. The van der Waals surface area contributed by atoms with Crippen molar-refractivity contribution in [2.24, 2.45) is 11.1 Å². The number of hydrogen-bond acceptors (Lipinski definition) is 4. The van der Waals surface area contributed by atoms with Crippen LogP contribution in [0.4, 0.5) is 0 Å². The standard InChI is InChI=1S/C9H20N2O3/c1-8(2,4-10)7(13)11-5-9(3,14)6-12/h12,14H,4-6,10H2,1-3H3,(H,11,13). The number of hydrogen-bond donors (Lipinski definition) is 4. The van der Waals surface area contributed by atoms with E-state index in [1.807, 2.05) is 0 Å². The first-order valence-electron chi connectivity index (χ1n) is 4.57. The zero-order valence-corrected chi connectivity index (χ0v) is 9.00. The lowest BCUT2D eigenvalue weighted by atomic mass is 9.92. The minimum absolute atomic E-state index is 0.0196. The molecule has 0 aliphatic carbocycles. The Morgan fingerprint density at radius 2 is 1.93 bits per heavy atom. The fourth-order valence-electron chi connectivity index (χ4n) is 0.659. The van der Waals surface area contributed by atoms with Crippen LogP contribution in [0.25, 0.3) is 0 Å². The Balaban J connectivity index is 4.10. The van der Waals surface area contributed by atoms with Gasteiger partial charge in [0.15, 0.2) is 0 Å². The van der Waals surface area contributed by atoms with Crippen molar-refractivity contribution >= 4 is 5.91 Å². The van der Waals surface area contributed by atoms with Crippen molar-refractivity contribution in [3.8, 4) is 0 Å². The SMILES string of the molecule is CC(O)(CO)CNC(=O)C(C)(C)CN. The van der Waals surface area contributed by atoms with E-state index in [1.165, 1.54) is 6.92 Å². The number of carbonyl (C=O) groups excluding carboxylic acids is 1. The highest BCUT2D eigenvalue weighted by molar-refractivity contribution is 5.82. The molecule has 0 bridgehead atoms. The molecule has 84 valence electrons. The van der Waals surface area contributed by atoms with Gasteiger partial charge in [0.25, 0.3) is 0 Å². The Hall–Kier alpha value is -0.650. The van der Waals surface area contributed by atoms with Crippen molar-refractivity contribution in [2.75, 3.05) is 19.7 Å². The predicted octanol–water partition coefficient (Wildman–Crippen LogP) is -1.17. The molecular weight excluding hydrogens is 184 g/mol. The van der Waals surface area contributed by atoms with Crippen molar-refractivity contribution in [3.63, 3.8) is 0 Å². The smallest absolute Gasteiger partial charge is 0.227 e. The van der Waals surface area contributed by atoms with Gasteiger partial charge in [0, 0.05) is 13.1 Å². The van der Waals surface area contributed by atoms with Crippen LogP contribution < -0.4 is 11.1 Å². The molecule has 0 heterocycles. The maximum Gasteiger partial charge on any atom is 0.227 e. The van der Waals surface area contributed by atoms with Gasteiger partial charge < -0.3 is 21.3 Å². The first-order valence-corrected chi connectivity index (χ1v) is 4.57. The highest BCUT2D eigenvalue weighted by Gasteiger charge is 2.28. The number of aliphatic hydroxyl groups is 2. The molecule has 0 aliphatic heterocycles. The zero-order valence-electron chi connectivity index (χ0n) is 9.00. The molecular formula is C9H20N2O3. The molecule has 0 aromatic carbocycles. The molecule has 0 fully saturated rings. The molecule has 5 nitrogen and oxygen atoms in total. The first-order chi connectivity index (χ1) is 6.25. The summed E-state index contributed by atoms with van der Waals surface area (Å²) in [5.41, 5.74) is 3.48. The van der Waals surface area contributed by atoms with Crippen LogP contribution in [0.5, 0.6) is 0 Å². The number of aliphatic hydroxyl groups excluding tert-OH is 1. The van der Waals surface area contributed by atoms with Crippen molar-refractivity contribution < 1.29 is 15.0 Å². The van der Waals surface area contributed by atoms with Crippen LogP contribution in [0, 0.1) is 5.41 Å². The van der Waals surface area contributed by atoms with Crippen molar-refractivity contribution in [3.05, 3.63) is 0 Å².